The number of aliphatic hydroxyl groups excluding tert-OH is 1. The van der Waals surface area contributed by atoms with E-state index < -0.39 is 6.10 Å². The molecule has 5 heteroatoms. The first kappa shape index (κ1) is 10.6. The molecule has 0 fully saturated rings. The molecule has 0 aliphatic heterocycles. The van der Waals surface area contributed by atoms with Gasteiger partial charge < -0.3 is 9.67 Å². The molecule has 3 aromatic rings. The highest BCUT2D eigenvalue weighted by molar-refractivity contribution is 7.15. The van der Waals surface area contributed by atoms with Crippen molar-refractivity contribution in [1.82, 2.24) is 14.0 Å². The maximum absolute atomic E-state index is 9.63. The van der Waals surface area contributed by atoms with Gasteiger partial charge in [-0.3, -0.25) is 4.40 Å². The maximum Gasteiger partial charge on any atom is 0.193 e. The highest BCUT2D eigenvalue weighted by Gasteiger charge is 2.09. The van der Waals surface area contributed by atoms with Gasteiger partial charge in [0, 0.05) is 29.7 Å². The molecule has 3 aromatic heterocycles. The second kappa shape index (κ2) is 4.01. The fraction of sp³-hybridized carbons (Fsp3) is 0.250. The smallest absolute Gasteiger partial charge is 0.193 e. The van der Waals surface area contributed by atoms with Crippen molar-refractivity contribution in [3.05, 3.63) is 47.5 Å². The predicted molar refractivity (Wildman–Crippen MR) is 67.2 cm³/mol. The number of hydrogen-bond donors (Lipinski definition) is 1. The molecular weight excluding hydrogens is 234 g/mol. The molecule has 1 atom stereocenters. The van der Waals surface area contributed by atoms with Crippen LogP contribution in [0, 0.1) is 0 Å². The second-order valence-corrected chi connectivity index (χ2v) is 4.94. The normalized spacial score (nSPS) is 13.3. The van der Waals surface area contributed by atoms with Crippen molar-refractivity contribution < 1.29 is 5.11 Å². The minimum absolute atomic E-state index is 0.450. The lowest BCUT2D eigenvalue weighted by Crippen LogP contribution is -2.05. The fourth-order valence-corrected chi connectivity index (χ4v) is 2.70. The molecule has 0 bridgehead atoms. The fourth-order valence-electron chi connectivity index (χ4n) is 1.98. The number of nitrogens with zero attached hydrogens (tertiary/aromatic N) is 3. The van der Waals surface area contributed by atoms with Crippen LogP contribution in [0.3, 0.4) is 0 Å². The molecule has 0 spiro atoms. The molecule has 0 aliphatic carbocycles. The Morgan fingerprint density at radius 2 is 2.35 bits per heavy atom. The summed E-state index contributed by atoms with van der Waals surface area (Å²) in [5.74, 6) is 0. The number of imidazole rings is 1. The summed E-state index contributed by atoms with van der Waals surface area (Å²) in [5.41, 5.74) is 1.93. The van der Waals surface area contributed by atoms with Crippen LogP contribution in [0.25, 0.3) is 4.96 Å². The van der Waals surface area contributed by atoms with Gasteiger partial charge in [-0.05, 0) is 19.1 Å². The van der Waals surface area contributed by atoms with Crippen molar-refractivity contribution in [2.45, 2.75) is 19.6 Å². The molecular formula is C12H13N3OS. The molecule has 17 heavy (non-hydrogen) atoms. The van der Waals surface area contributed by atoms with Gasteiger partial charge >= 0.3 is 0 Å². The van der Waals surface area contributed by atoms with Crippen LogP contribution >= 0.6 is 11.3 Å². The zero-order valence-corrected chi connectivity index (χ0v) is 10.3. The van der Waals surface area contributed by atoms with E-state index in [1.54, 1.807) is 18.3 Å². The molecule has 0 amide bonds. The predicted octanol–water partition coefficient (Wildman–Crippen LogP) is 2.30. The number of thiazole rings is 1. The number of rotatable bonds is 3. The quantitative estimate of drug-likeness (QED) is 0.771. The van der Waals surface area contributed by atoms with Crippen molar-refractivity contribution in [3.8, 4) is 0 Å². The Morgan fingerprint density at radius 1 is 1.47 bits per heavy atom. The first-order valence-corrected chi connectivity index (χ1v) is 6.36. The average molecular weight is 247 g/mol. The molecule has 88 valence electrons. The first-order valence-electron chi connectivity index (χ1n) is 5.48. The van der Waals surface area contributed by atoms with Crippen molar-refractivity contribution >= 4 is 16.3 Å². The summed E-state index contributed by atoms with van der Waals surface area (Å²) in [6.07, 6.45) is 5.54. The van der Waals surface area contributed by atoms with Gasteiger partial charge in [0.2, 0.25) is 0 Å². The van der Waals surface area contributed by atoms with Crippen LogP contribution in [-0.2, 0) is 6.54 Å². The van der Waals surface area contributed by atoms with E-state index in [2.05, 4.69) is 4.98 Å². The molecule has 0 radical (unpaired) electrons. The summed E-state index contributed by atoms with van der Waals surface area (Å²) in [6.45, 7) is 2.47. The Bertz CT molecular complexity index is 606. The lowest BCUT2D eigenvalue weighted by molar-refractivity contribution is 0.189. The largest absolute Gasteiger partial charge is 0.387 e. The van der Waals surface area contributed by atoms with Crippen LogP contribution in [0.5, 0.6) is 0 Å². The molecule has 0 saturated heterocycles. The second-order valence-electron chi connectivity index (χ2n) is 4.06. The molecule has 3 rings (SSSR count). The van der Waals surface area contributed by atoms with Gasteiger partial charge in [0.25, 0.3) is 0 Å². The third kappa shape index (κ3) is 1.87. The van der Waals surface area contributed by atoms with E-state index in [0.717, 1.165) is 16.3 Å². The van der Waals surface area contributed by atoms with Gasteiger partial charge in [-0.1, -0.05) is 0 Å². The van der Waals surface area contributed by atoms with E-state index >= 15 is 0 Å². The van der Waals surface area contributed by atoms with Gasteiger partial charge in [0.05, 0.1) is 18.3 Å². The summed E-state index contributed by atoms with van der Waals surface area (Å²) in [7, 11) is 0. The van der Waals surface area contributed by atoms with E-state index in [-0.39, 0.29) is 0 Å². The van der Waals surface area contributed by atoms with E-state index in [4.69, 9.17) is 0 Å². The van der Waals surface area contributed by atoms with Crippen molar-refractivity contribution in [3.63, 3.8) is 0 Å². The van der Waals surface area contributed by atoms with Crippen LogP contribution in [0.4, 0.5) is 0 Å². The molecule has 3 heterocycles. The van der Waals surface area contributed by atoms with Crippen LogP contribution in [-0.4, -0.2) is 19.1 Å². The highest BCUT2D eigenvalue weighted by atomic mass is 32.1. The van der Waals surface area contributed by atoms with Crippen molar-refractivity contribution in [2.75, 3.05) is 0 Å². The lowest BCUT2D eigenvalue weighted by atomic mass is 10.3. The minimum Gasteiger partial charge on any atom is -0.387 e. The van der Waals surface area contributed by atoms with E-state index in [9.17, 15) is 5.11 Å². The summed E-state index contributed by atoms with van der Waals surface area (Å²) < 4.78 is 4.04. The Balaban J connectivity index is 1.91. The number of fused-ring (bicyclic) bond motifs is 1. The Hall–Kier alpha value is -1.59. The molecule has 0 saturated carbocycles. The first-order chi connectivity index (χ1) is 8.24. The van der Waals surface area contributed by atoms with Gasteiger partial charge in [-0.2, -0.15) is 0 Å². The number of hydrogen-bond acceptors (Lipinski definition) is 3. The summed E-state index contributed by atoms with van der Waals surface area (Å²) >= 11 is 1.62. The van der Waals surface area contributed by atoms with E-state index in [1.807, 2.05) is 45.1 Å². The van der Waals surface area contributed by atoms with Crippen LogP contribution in [0.2, 0.25) is 0 Å². The molecule has 0 aromatic carbocycles. The highest BCUT2D eigenvalue weighted by Crippen LogP contribution is 2.16. The number of aromatic nitrogens is 3. The van der Waals surface area contributed by atoms with Gasteiger partial charge in [0.15, 0.2) is 4.96 Å². The molecule has 4 nitrogen and oxygen atoms in total. The zero-order chi connectivity index (χ0) is 11.8. The topological polar surface area (TPSA) is 42.5 Å². The van der Waals surface area contributed by atoms with Crippen LogP contribution in [0.1, 0.15) is 24.4 Å². The molecule has 1 N–H and O–H groups in total. The van der Waals surface area contributed by atoms with E-state index in [0.29, 0.717) is 6.54 Å². The van der Waals surface area contributed by atoms with Gasteiger partial charge in [-0.25, -0.2) is 4.98 Å². The van der Waals surface area contributed by atoms with E-state index in [1.165, 1.54) is 0 Å². The van der Waals surface area contributed by atoms with Crippen LogP contribution in [0.15, 0.2) is 36.1 Å². The van der Waals surface area contributed by atoms with Crippen molar-refractivity contribution in [1.29, 1.82) is 0 Å². The van der Waals surface area contributed by atoms with Gasteiger partial charge in [0.1, 0.15) is 0 Å². The van der Waals surface area contributed by atoms with Crippen LogP contribution < -0.4 is 0 Å². The summed E-state index contributed by atoms with van der Waals surface area (Å²) in [6, 6.07) is 3.88. The Kier molecular flexibility index (Phi) is 2.49. The third-order valence-corrected chi connectivity index (χ3v) is 3.54. The summed E-state index contributed by atoms with van der Waals surface area (Å²) in [4.78, 5) is 5.53. The SMILES string of the molecule is CC(O)c1cccn1Cc1cn2ccsc2n1. The minimum atomic E-state index is -0.450. The number of aliphatic hydroxyl groups is 1. The molecule has 0 aliphatic rings. The zero-order valence-electron chi connectivity index (χ0n) is 9.45. The maximum atomic E-state index is 9.63. The van der Waals surface area contributed by atoms with Crippen molar-refractivity contribution in [2.24, 2.45) is 0 Å². The average Bonchev–Trinajstić information content (AvgIpc) is 2.91. The standard InChI is InChI=1S/C12H13N3OS/c1-9(16)11-3-2-4-14(11)7-10-8-15-5-6-17-12(15)13-10/h2-6,8-9,16H,7H2,1H3. The summed E-state index contributed by atoms with van der Waals surface area (Å²) in [5, 5.41) is 11.6. The Morgan fingerprint density at radius 3 is 3.12 bits per heavy atom. The molecule has 1 unspecified atom stereocenters. The Labute approximate surface area is 103 Å². The third-order valence-electron chi connectivity index (χ3n) is 2.77. The van der Waals surface area contributed by atoms with Gasteiger partial charge in [-0.15, -0.1) is 11.3 Å². The lowest BCUT2D eigenvalue weighted by Gasteiger charge is -2.09. The monoisotopic (exact) mass is 247 g/mol.